The molecular formula is C10H9BrF3N3O. The number of alkyl halides is 3. The number of H-pyrrole nitrogens is 1. The van der Waals surface area contributed by atoms with E-state index in [1.54, 1.807) is 6.07 Å². The molecule has 1 heterocycles. The van der Waals surface area contributed by atoms with Crippen molar-refractivity contribution in [3.63, 3.8) is 0 Å². The highest BCUT2D eigenvalue weighted by atomic mass is 79.9. The fraction of sp³-hybridized carbons (Fsp3) is 0.300. The molecule has 4 nitrogen and oxygen atoms in total. The Balaban J connectivity index is 2.47. The molecule has 0 aliphatic carbocycles. The number of rotatable bonds is 2. The molecule has 0 aliphatic heterocycles. The van der Waals surface area contributed by atoms with Crippen molar-refractivity contribution >= 4 is 32.7 Å². The van der Waals surface area contributed by atoms with Gasteiger partial charge in [-0.2, -0.15) is 18.3 Å². The molecule has 1 aromatic heterocycles. The van der Waals surface area contributed by atoms with Crippen LogP contribution in [0.5, 0.6) is 5.75 Å². The quantitative estimate of drug-likeness (QED) is 0.891. The minimum Gasteiger partial charge on any atom is -0.480 e. The van der Waals surface area contributed by atoms with Crippen molar-refractivity contribution in [3.8, 4) is 5.75 Å². The van der Waals surface area contributed by atoms with Crippen LogP contribution in [0.25, 0.3) is 10.9 Å². The Morgan fingerprint density at radius 1 is 1.44 bits per heavy atom. The van der Waals surface area contributed by atoms with E-state index in [1.807, 2.05) is 0 Å². The average molecular weight is 324 g/mol. The molecule has 0 fully saturated rings. The summed E-state index contributed by atoms with van der Waals surface area (Å²) in [6.07, 6.45) is -6.36. The van der Waals surface area contributed by atoms with Crippen molar-refractivity contribution in [2.24, 2.45) is 0 Å². The molecule has 0 unspecified atom stereocenters. The van der Waals surface area contributed by atoms with Gasteiger partial charge in [-0.05, 0) is 19.1 Å². The molecular weight excluding hydrogens is 315 g/mol. The Hall–Kier alpha value is -1.44. The van der Waals surface area contributed by atoms with Crippen LogP contribution in [0.3, 0.4) is 0 Å². The Morgan fingerprint density at radius 2 is 2.11 bits per heavy atom. The number of nitrogens with one attached hydrogen (secondary N) is 1. The summed E-state index contributed by atoms with van der Waals surface area (Å²) in [5.74, 6) is 0.136. The van der Waals surface area contributed by atoms with E-state index in [9.17, 15) is 13.2 Å². The number of nitrogens with two attached hydrogens (primary N) is 1. The number of halogens is 4. The average Bonchev–Trinajstić information content (AvgIpc) is 2.58. The highest BCUT2D eigenvalue weighted by Gasteiger charge is 2.38. The van der Waals surface area contributed by atoms with E-state index in [0.717, 1.165) is 6.92 Å². The number of hydrogen-bond acceptors (Lipinski definition) is 3. The first-order valence-corrected chi connectivity index (χ1v) is 5.75. The summed E-state index contributed by atoms with van der Waals surface area (Å²) < 4.78 is 42.9. The lowest BCUT2D eigenvalue weighted by Crippen LogP contribution is -2.31. The topological polar surface area (TPSA) is 63.9 Å². The number of ether oxygens (including phenoxy) is 1. The molecule has 18 heavy (non-hydrogen) atoms. The van der Waals surface area contributed by atoms with Crippen LogP contribution in [-0.4, -0.2) is 22.5 Å². The van der Waals surface area contributed by atoms with Crippen molar-refractivity contribution in [1.29, 1.82) is 0 Å². The lowest BCUT2D eigenvalue weighted by Gasteiger charge is -2.18. The predicted molar refractivity (Wildman–Crippen MR) is 64.4 cm³/mol. The maximum atomic E-state index is 12.5. The fourth-order valence-electron chi connectivity index (χ4n) is 1.46. The molecule has 0 saturated heterocycles. The Kier molecular flexibility index (Phi) is 3.14. The maximum absolute atomic E-state index is 12.5. The van der Waals surface area contributed by atoms with Gasteiger partial charge in [-0.3, -0.25) is 5.10 Å². The van der Waals surface area contributed by atoms with Crippen LogP contribution in [0.2, 0.25) is 0 Å². The highest BCUT2D eigenvalue weighted by Crippen LogP contribution is 2.35. The Bertz CT molecular complexity index is 581. The van der Waals surface area contributed by atoms with Crippen LogP contribution < -0.4 is 10.5 Å². The summed E-state index contributed by atoms with van der Waals surface area (Å²) in [5, 5.41) is 6.69. The lowest BCUT2D eigenvalue weighted by molar-refractivity contribution is -0.188. The first kappa shape index (κ1) is 13.0. The predicted octanol–water partition coefficient (Wildman–Crippen LogP) is 3.24. The normalized spacial score (nSPS) is 13.8. The molecule has 1 aromatic carbocycles. The van der Waals surface area contributed by atoms with Gasteiger partial charge in [-0.1, -0.05) is 15.9 Å². The van der Waals surface area contributed by atoms with E-state index in [1.165, 1.54) is 6.07 Å². The first-order chi connectivity index (χ1) is 8.29. The third-order valence-electron chi connectivity index (χ3n) is 2.38. The Labute approximate surface area is 108 Å². The van der Waals surface area contributed by atoms with Gasteiger partial charge in [-0.25, -0.2) is 0 Å². The molecule has 2 aromatic rings. The number of aromatic nitrogens is 2. The van der Waals surface area contributed by atoms with E-state index in [-0.39, 0.29) is 11.6 Å². The second-order valence-electron chi connectivity index (χ2n) is 3.74. The van der Waals surface area contributed by atoms with Gasteiger partial charge in [0.25, 0.3) is 0 Å². The zero-order valence-corrected chi connectivity index (χ0v) is 10.8. The van der Waals surface area contributed by atoms with Crippen LogP contribution in [0.4, 0.5) is 19.0 Å². The monoisotopic (exact) mass is 323 g/mol. The molecule has 0 radical (unpaired) electrons. The molecule has 2 rings (SSSR count). The summed E-state index contributed by atoms with van der Waals surface area (Å²) in [7, 11) is 0. The van der Waals surface area contributed by atoms with Crippen molar-refractivity contribution in [3.05, 3.63) is 16.6 Å². The standard InChI is InChI=1S/C10H9BrF3N3O/c1-4(10(12,13)14)18-7-3-5(11)2-6-8(7)9(15)17-16-6/h2-4H,1H3,(H3,15,16,17)/t4-/m1/s1. The van der Waals surface area contributed by atoms with E-state index >= 15 is 0 Å². The third-order valence-corrected chi connectivity index (χ3v) is 2.84. The van der Waals surface area contributed by atoms with Crippen LogP contribution in [-0.2, 0) is 0 Å². The van der Waals surface area contributed by atoms with Gasteiger partial charge in [0.15, 0.2) is 11.9 Å². The van der Waals surface area contributed by atoms with E-state index in [0.29, 0.717) is 15.4 Å². The maximum Gasteiger partial charge on any atom is 0.425 e. The van der Waals surface area contributed by atoms with Gasteiger partial charge in [-0.15, -0.1) is 0 Å². The number of aromatic amines is 1. The summed E-state index contributed by atoms with van der Waals surface area (Å²) in [6.45, 7) is 0.934. The summed E-state index contributed by atoms with van der Waals surface area (Å²) in [5.41, 5.74) is 6.10. The number of anilines is 1. The van der Waals surface area contributed by atoms with Crippen molar-refractivity contribution in [2.45, 2.75) is 19.2 Å². The van der Waals surface area contributed by atoms with Crippen LogP contribution in [0.1, 0.15) is 6.92 Å². The van der Waals surface area contributed by atoms with Crippen molar-refractivity contribution in [2.75, 3.05) is 5.73 Å². The number of hydrogen-bond donors (Lipinski definition) is 2. The third kappa shape index (κ3) is 2.38. The zero-order chi connectivity index (χ0) is 13.5. The van der Waals surface area contributed by atoms with Gasteiger partial charge < -0.3 is 10.5 Å². The smallest absolute Gasteiger partial charge is 0.425 e. The summed E-state index contributed by atoms with van der Waals surface area (Å²) >= 11 is 3.18. The van der Waals surface area contributed by atoms with Crippen molar-refractivity contribution < 1.29 is 17.9 Å². The number of nitrogens with zero attached hydrogens (tertiary/aromatic N) is 1. The number of benzene rings is 1. The van der Waals surface area contributed by atoms with E-state index in [4.69, 9.17) is 10.5 Å². The fourth-order valence-corrected chi connectivity index (χ4v) is 1.90. The van der Waals surface area contributed by atoms with Gasteiger partial charge >= 0.3 is 6.18 Å². The minimum atomic E-state index is -4.44. The molecule has 0 saturated carbocycles. The lowest BCUT2D eigenvalue weighted by atomic mass is 10.2. The van der Waals surface area contributed by atoms with E-state index in [2.05, 4.69) is 26.1 Å². The van der Waals surface area contributed by atoms with Gasteiger partial charge in [0.1, 0.15) is 5.75 Å². The largest absolute Gasteiger partial charge is 0.480 e. The van der Waals surface area contributed by atoms with Crippen molar-refractivity contribution in [1.82, 2.24) is 10.2 Å². The SMILES string of the molecule is C[C@@H](Oc1cc(Br)cc2[nH]nc(N)c12)C(F)(F)F. The molecule has 0 spiro atoms. The molecule has 3 N–H and O–H groups in total. The number of fused-ring (bicyclic) bond motifs is 1. The summed E-state index contributed by atoms with van der Waals surface area (Å²) in [6, 6.07) is 3.08. The molecule has 8 heteroatoms. The molecule has 98 valence electrons. The second-order valence-corrected chi connectivity index (χ2v) is 4.65. The molecule has 0 bridgehead atoms. The molecule has 1 atom stereocenters. The first-order valence-electron chi connectivity index (χ1n) is 4.95. The summed E-state index contributed by atoms with van der Waals surface area (Å²) in [4.78, 5) is 0. The highest BCUT2D eigenvalue weighted by molar-refractivity contribution is 9.10. The van der Waals surface area contributed by atoms with Gasteiger partial charge in [0, 0.05) is 4.47 Å². The van der Waals surface area contributed by atoms with Crippen LogP contribution >= 0.6 is 15.9 Å². The second kappa shape index (κ2) is 4.34. The Morgan fingerprint density at radius 3 is 2.72 bits per heavy atom. The number of nitrogen functional groups attached to an aromatic ring is 1. The van der Waals surface area contributed by atoms with Crippen LogP contribution in [0, 0.1) is 0 Å². The molecule has 0 aliphatic rings. The van der Waals surface area contributed by atoms with E-state index < -0.39 is 12.3 Å². The van der Waals surface area contributed by atoms with Gasteiger partial charge in [0.05, 0.1) is 10.9 Å². The minimum absolute atomic E-state index is 0.0375. The van der Waals surface area contributed by atoms with Gasteiger partial charge in [0.2, 0.25) is 0 Å². The van der Waals surface area contributed by atoms with Crippen LogP contribution in [0.15, 0.2) is 16.6 Å². The zero-order valence-electron chi connectivity index (χ0n) is 9.18. The molecule has 0 amide bonds.